The maximum Gasteiger partial charge on any atom is 0.328 e. The first-order valence-electron chi connectivity index (χ1n) is 13.5. The number of carboxylic acids is 2. The summed E-state index contributed by atoms with van der Waals surface area (Å²) in [5, 5.41) is 16.8. The summed E-state index contributed by atoms with van der Waals surface area (Å²) in [6.45, 7) is 4.30. The van der Waals surface area contributed by atoms with E-state index in [4.69, 9.17) is 24.7 Å². The number of benzene rings is 2. The van der Waals surface area contributed by atoms with Crippen LogP contribution in [0.1, 0.15) is 37.7 Å². The molecule has 2 heterocycles. The number of carbonyl (C=O) groups is 2. The predicted molar refractivity (Wildman–Crippen MR) is 159 cm³/mol. The van der Waals surface area contributed by atoms with Crippen molar-refractivity contribution in [1.82, 2.24) is 9.80 Å². The van der Waals surface area contributed by atoms with Crippen molar-refractivity contribution in [3.63, 3.8) is 0 Å². The maximum absolute atomic E-state index is 9.55. The third-order valence-electron chi connectivity index (χ3n) is 6.78. The number of ether oxygens (including phenoxy) is 2. The third kappa shape index (κ3) is 10.2. The lowest BCUT2D eigenvalue weighted by molar-refractivity contribution is -0.134. The van der Waals surface area contributed by atoms with Crippen LogP contribution in [0.5, 0.6) is 11.5 Å². The zero-order valence-corrected chi connectivity index (χ0v) is 24.0. The molecule has 0 amide bonds. The van der Waals surface area contributed by atoms with Gasteiger partial charge in [0.25, 0.3) is 0 Å². The van der Waals surface area contributed by atoms with Gasteiger partial charge in [-0.1, -0.05) is 42.1 Å². The second kappa shape index (κ2) is 16.6. The molecule has 0 saturated carbocycles. The number of piperidine rings is 1. The van der Waals surface area contributed by atoms with E-state index in [0.29, 0.717) is 18.2 Å². The Kier molecular flexibility index (Phi) is 12.9. The van der Waals surface area contributed by atoms with E-state index in [1.165, 1.54) is 56.0 Å². The van der Waals surface area contributed by atoms with Crippen LogP contribution in [0.25, 0.3) is 0 Å². The minimum atomic E-state index is -1.26. The van der Waals surface area contributed by atoms with Gasteiger partial charge in [0.2, 0.25) is 0 Å². The Bertz CT molecular complexity index is 1150. The highest BCUT2D eigenvalue weighted by molar-refractivity contribution is 8.13. The van der Waals surface area contributed by atoms with Crippen molar-refractivity contribution in [2.45, 2.75) is 43.9 Å². The largest absolute Gasteiger partial charge is 0.493 e. The van der Waals surface area contributed by atoms with Gasteiger partial charge < -0.3 is 29.5 Å². The van der Waals surface area contributed by atoms with E-state index < -0.39 is 11.9 Å². The maximum atomic E-state index is 9.55. The summed E-state index contributed by atoms with van der Waals surface area (Å²) >= 11 is 1.87. The molecule has 216 valence electrons. The summed E-state index contributed by atoms with van der Waals surface area (Å²) in [7, 11) is 3.91. The summed E-state index contributed by atoms with van der Waals surface area (Å²) in [4.78, 5) is 29.1. The van der Waals surface area contributed by atoms with Crippen molar-refractivity contribution in [3.05, 3.63) is 66.2 Å². The van der Waals surface area contributed by atoms with Crippen molar-refractivity contribution in [2.24, 2.45) is 4.99 Å². The van der Waals surface area contributed by atoms with Gasteiger partial charge in [0.1, 0.15) is 0 Å². The van der Waals surface area contributed by atoms with Crippen LogP contribution in [0, 0.1) is 0 Å². The molecule has 1 fully saturated rings. The van der Waals surface area contributed by atoms with Crippen molar-refractivity contribution >= 4 is 34.6 Å². The molecule has 0 spiro atoms. The molecule has 1 saturated heterocycles. The van der Waals surface area contributed by atoms with Gasteiger partial charge in [-0.05, 0) is 62.4 Å². The number of unbranched alkanes of at least 4 members (excludes halogenated alkanes) is 2. The Labute approximate surface area is 240 Å². The SMILES string of the molecule is COc1ccccc1OCCCCCN1CCC(N(C)C2=Nc3ccccc3CS2)CC1.O=C(O)/C=C/C(=O)O. The van der Waals surface area contributed by atoms with E-state index in [-0.39, 0.29) is 0 Å². The molecule has 0 aromatic heterocycles. The lowest BCUT2D eigenvalue weighted by Gasteiger charge is -2.38. The number of hydrogen-bond acceptors (Lipinski definition) is 8. The topological polar surface area (TPSA) is 112 Å². The Hall–Kier alpha value is -3.50. The zero-order chi connectivity index (χ0) is 28.7. The highest BCUT2D eigenvalue weighted by Gasteiger charge is 2.26. The average Bonchev–Trinajstić information content (AvgIpc) is 2.98. The Balaban J connectivity index is 0.000000482. The van der Waals surface area contributed by atoms with Gasteiger partial charge in [-0.25, -0.2) is 14.6 Å². The van der Waals surface area contributed by atoms with Crippen LogP contribution in [0.15, 0.2) is 65.7 Å². The molecule has 0 unspecified atom stereocenters. The van der Waals surface area contributed by atoms with Crippen LogP contribution >= 0.6 is 11.8 Å². The van der Waals surface area contributed by atoms with Gasteiger partial charge in [-0.3, -0.25) is 0 Å². The second-order valence-electron chi connectivity index (χ2n) is 9.57. The van der Waals surface area contributed by atoms with E-state index in [9.17, 15) is 9.59 Å². The molecule has 4 rings (SSSR count). The van der Waals surface area contributed by atoms with Crippen LogP contribution < -0.4 is 9.47 Å². The van der Waals surface area contributed by atoms with Crippen LogP contribution in [0.2, 0.25) is 0 Å². The molecule has 9 nitrogen and oxygen atoms in total. The van der Waals surface area contributed by atoms with Gasteiger partial charge in [-0.15, -0.1) is 0 Å². The lowest BCUT2D eigenvalue weighted by Crippen LogP contribution is -2.45. The first-order valence-corrected chi connectivity index (χ1v) is 14.5. The normalized spacial score (nSPS) is 15.4. The van der Waals surface area contributed by atoms with E-state index in [1.54, 1.807) is 7.11 Å². The number of methoxy groups -OCH3 is 1. The van der Waals surface area contributed by atoms with Crippen LogP contribution in [0.3, 0.4) is 0 Å². The quantitative estimate of drug-likeness (QED) is 0.275. The molecule has 40 heavy (non-hydrogen) atoms. The van der Waals surface area contributed by atoms with Gasteiger partial charge in [-0.2, -0.15) is 0 Å². The molecule has 2 N–H and O–H groups in total. The number of thioether (sulfide) groups is 1. The average molecular weight is 570 g/mol. The van der Waals surface area contributed by atoms with Crippen molar-refractivity contribution in [1.29, 1.82) is 0 Å². The van der Waals surface area contributed by atoms with E-state index in [2.05, 4.69) is 41.1 Å². The van der Waals surface area contributed by atoms with E-state index >= 15 is 0 Å². The molecule has 0 aliphatic carbocycles. The molecule has 2 aliphatic heterocycles. The van der Waals surface area contributed by atoms with E-state index in [0.717, 1.165) is 36.0 Å². The van der Waals surface area contributed by atoms with Crippen LogP contribution in [-0.4, -0.2) is 83.6 Å². The molecule has 2 aromatic rings. The number of amidine groups is 1. The highest BCUT2D eigenvalue weighted by Crippen LogP contribution is 2.33. The summed E-state index contributed by atoms with van der Waals surface area (Å²) in [6.07, 6.45) is 7.06. The zero-order valence-electron chi connectivity index (χ0n) is 23.2. The number of likely N-dealkylation sites (tertiary alicyclic amines) is 1. The van der Waals surface area contributed by atoms with Gasteiger partial charge in [0.15, 0.2) is 16.7 Å². The highest BCUT2D eigenvalue weighted by atomic mass is 32.2. The number of aliphatic carboxylic acids is 2. The number of nitrogens with zero attached hydrogens (tertiary/aromatic N) is 3. The third-order valence-corrected chi connectivity index (χ3v) is 7.88. The fourth-order valence-corrected chi connectivity index (χ4v) is 5.61. The predicted octanol–water partition coefficient (Wildman–Crippen LogP) is 5.29. The molecular formula is C30H39N3O6S. The molecule has 2 aromatic carbocycles. The Morgan fingerprint density at radius 2 is 1.65 bits per heavy atom. The standard InChI is InChI=1S/C26H35N3O2S.C4H4O4/c1-28(26-27-23-11-5-4-10-21(23)20-32-26)22-14-17-29(18-15-22)16-8-3-9-19-31-25-13-7-6-12-24(25)30-2;5-3(6)1-2-4(7)8/h4-7,10-13,22H,3,8-9,14-20H2,1-2H3;1-2H,(H,5,6)(H,7,8)/b;2-1+. The number of hydrogen-bond donors (Lipinski definition) is 2. The molecule has 0 atom stereocenters. The number of rotatable bonds is 11. The molecule has 0 radical (unpaired) electrons. The van der Waals surface area contributed by atoms with Crippen molar-refractivity contribution < 1.29 is 29.3 Å². The van der Waals surface area contributed by atoms with E-state index in [1.807, 2.05) is 36.0 Å². The summed E-state index contributed by atoms with van der Waals surface area (Å²) in [5.74, 6) is 0.159. The Morgan fingerprint density at radius 3 is 2.33 bits per heavy atom. The minimum Gasteiger partial charge on any atom is -0.493 e. The first-order chi connectivity index (χ1) is 19.4. The fraction of sp³-hybridized carbons (Fsp3) is 0.433. The number of para-hydroxylation sites is 3. The summed E-state index contributed by atoms with van der Waals surface area (Å²) in [6, 6.07) is 17.0. The van der Waals surface area contributed by atoms with Crippen molar-refractivity contribution in [3.8, 4) is 11.5 Å². The summed E-state index contributed by atoms with van der Waals surface area (Å²) < 4.78 is 11.2. The number of aliphatic imine (C=N–C) groups is 1. The lowest BCUT2D eigenvalue weighted by atomic mass is 10.0. The monoisotopic (exact) mass is 569 g/mol. The van der Waals surface area contributed by atoms with Gasteiger partial charge in [0, 0.05) is 44.1 Å². The Morgan fingerprint density at radius 1 is 1.00 bits per heavy atom. The molecule has 0 bridgehead atoms. The van der Waals surface area contributed by atoms with Crippen molar-refractivity contribution in [2.75, 3.05) is 40.4 Å². The van der Waals surface area contributed by atoms with Crippen LogP contribution in [0.4, 0.5) is 5.69 Å². The number of fused-ring (bicyclic) bond motifs is 1. The minimum absolute atomic E-state index is 0.558. The van der Waals surface area contributed by atoms with Crippen LogP contribution in [-0.2, 0) is 15.3 Å². The van der Waals surface area contributed by atoms with Gasteiger partial charge in [0.05, 0.1) is 19.4 Å². The molecule has 2 aliphatic rings. The smallest absolute Gasteiger partial charge is 0.328 e. The first kappa shape index (κ1) is 31.0. The second-order valence-corrected chi connectivity index (χ2v) is 10.5. The number of carboxylic acid groups (broad SMARTS) is 2. The summed E-state index contributed by atoms with van der Waals surface area (Å²) in [5.41, 5.74) is 2.48. The fourth-order valence-electron chi connectivity index (χ4n) is 4.56. The molecule has 10 heteroatoms. The van der Waals surface area contributed by atoms with Gasteiger partial charge >= 0.3 is 11.9 Å². The molecular weight excluding hydrogens is 530 g/mol.